The first kappa shape index (κ1) is 12.8. The second-order valence-corrected chi connectivity index (χ2v) is 4.50. The summed E-state index contributed by atoms with van der Waals surface area (Å²) in [5, 5.41) is 9.12. The van der Waals surface area contributed by atoms with Gasteiger partial charge in [0.1, 0.15) is 0 Å². The Morgan fingerprint density at radius 1 is 1.67 bits per heavy atom. The normalized spacial score (nSPS) is 19.9. The topological polar surface area (TPSA) is 79.5 Å². The number of nitrogens with zero attached hydrogens (tertiary/aromatic N) is 2. The van der Waals surface area contributed by atoms with E-state index in [0.717, 1.165) is 12.8 Å². The quantitative estimate of drug-likeness (QED) is 0.811. The molecule has 1 saturated heterocycles. The Hall–Kier alpha value is -1.69. The lowest BCUT2D eigenvalue weighted by Gasteiger charge is -2.32. The Labute approximate surface area is 104 Å². The van der Waals surface area contributed by atoms with E-state index in [1.165, 1.54) is 12.3 Å². The average molecular weight is 253 g/mol. The van der Waals surface area contributed by atoms with Gasteiger partial charge in [0.05, 0.1) is 5.56 Å². The van der Waals surface area contributed by atoms with Crippen LogP contribution in [0.25, 0.3) is 0 Å². The number of aliphatic hydroxyl groups is 1. The SMILES string of the molecule is Nc1nccc(C(=O)N2CCCC(CO)C2)c1F. The Kier molecular flexibility index (Phi) is 3.76. The molecule has 0 saturated carbocycles. The van der Waals surface area contributed by atoms with Crippen LogP contribution in [0.15, 0.2) is 12.3 Å². The molecular weight excluding hydrogens is 237 g/mol. The third kappa shape index (κ3) is 2.43. The molecule has 0 radical (unpaired) electrons. The summed E-state index contributed by atoms with van der Waals surface area (Å²) < 4.78 is 13.7. The molecule has 0 aliphatic carbocycles. The number of nitrogens with two attached hydrogens (primary N) is 1. The summed E-state index contributed by atoms with van der Waals surface area (Å²) in [6.45, 7) is 1.08. The van der Waals surface area contributed by atoms with E-state index in [9.17, 15) is 9.18 Å². The van der Waals surface area contributed by atoms with E-state index in [1.807, 2.05) is 0 Å². The van der Waals surface area contributed by atoms with Crippen molar-refractivity contribution in [2.45, 2.75) is 12.8 Å². The highest BCUT2D eigenvalue weighted by molar-refractivity contribution is 5.95. The molecule has 18 heavy (non-hydrogen) atoms. The Morgan fingerprint density at radius 2 is 2.44 bits per heavy atom. The molecule has 2 heterocycles. The lowest BCUT2D eigenvalue weighted by atomic mass is 9.98. The summed E-state index contributed by atoms with van der Waals surface area (Å²) in [7, 11) is 0. The van der Waals surface area contributed by atoms with Crippen LogP contribution in [0.4, 0.5) is 10.2 Å². The molecule has 3 N–H and O–H groups in total. The highest BCUT2D eigenvalue weighted by Crippen LogP contribution is 2.20. The lowest BCUT2D eigenvalue weighted by Crippen LogP contribution is -2.41. The minimum absolute atomic E-state index is 0.0464. The van der Waals surface area contributed by atoms with Gasteiger partial charge in [-0.3, -0.25) is 4.79 Å². The summed E-state index contributed by atoms with van der Waals surface area (Å²) >= 11 is 0. The number of amides is 1. The van der Waals surface area contributed by atoms with Crippen LogP contribution >= 0.6 is 0 Å². The zero-order valence-corrected chi connectivity index (χ0v) is 9.97. The predicted octanol–water partition coefficient (Wildman–Crippen LogP) is 0.647. The number of nitrogen functional groups attached to an aromatic ring is 1. The van der Waals surface area contributed by atoms with Gasteiger partial charge in [0, 0.05) is 25.9 Å². The maximum absolute atomic E-state index is 13.7. The zero-order valence-electron chi connectivity index (χ0n) is 9.97. The Balaban J connectivity index is 2.18. The Bertz CT molecular complexity index is 453. The van der Waals surface area contributed by atoms with Gasteiger partial charge in [-0.15, -0.1) is 0 Å². The fourth-order valence-corrected chi connectivity index (χ4v) is 2.19. The molecule has 1 aliphatic rings. The lowest BCUT2D eigenvalue weighted by molar-refractivity contribution is 0.0616. The summed E-state index contributed by atoms with van der Waals surface area (Å²) in [5.41, 5.74) is 5.29. The van der Waals surface area contributed by atoms with Crippen molar-refractivity contribution in [1.82, 2.24) is 9.88 Å². The first-order valence-corrected chi connectivity index (χ1v) is 5.93. The molecule has 98 valence electrons. The number of likely N-dealkylation sites (tertiary alicyclic amines) is 1. The zero-order chi connectivity index (χ0) is 13.1. The van der Waals surface area contributed by atoms with Crippen molar-refractivity contribution in [2.24, 2.45) is 5.92 Å². The monoisotopic (exact) mass is 253 g/mol. The van der Waals surface area contributed by atoms with Gasteiger partial charge >= 0.3 is 0 Å². The van der Waals surface area contributed by atoms with Gasteiger partial charge in [-0.05, 0) is 24.8 Å². The molecule has 0 aromatic carbocycles. The molecule has 1 amide bonds. The number of hydrogen-bond acceptors (Lipinski definition) is 4. The molecule has 1 aromatic rings. The van der Waals surface area contributed by atoms with Gasteiger partial charge in [0.25, 0.3) is 5.91 Å². The summed E-state index contributed by atoms with van der Waals surface area (Å²) in [6, 6.07) is 1.33. The van der Waals surface area contributed by atoms with Crippen LogP contribution in [0.2, 0.25) is 0 Å². The van der Waals surface area contributed by atoms with Gasteiger partial charge in [-0.1, -0.05) is 0 Å². The van der Waals surface area contributed by atoms with Gasteiger partial charge in [-0.2, -0.15) is 0 Å². The van der Waals surface area contributed by atoms with E-state index >= 15 is 0 Å². The molecule has 6 heteroatoms. The predicted molar refractivity (Wildman–Crippen MR) is 64.3 cm³/mol. The van der Waals surface area contributed by atoms with Crippen molar-refractivity contribution >= 4 is 11.7 Å². The smallest absolute Gasteiger partial charge is 0.257 e. The molecule has 1 aromatic heterocycles. The number of pyridine rings is 1. The maximum Gasteiger partial charge on any atom is 0.257 e. The number of anilines is 1. The van der Waals surface area contributed by atoms with Gasteiger partial charge < -0.3 is 15.7 Å². The van der Waals surface area contributed by atoms with Crippen molar-refractivity contribution in [3.8, 4) is 0 Å². The fraction of sp³-hybridized carbons (Fsp3) is 0.500. The summed E-state index contributed by atoms with van der Waals surface area (Å²) in [4.78, 5) is 17.3. The van der Waals surface area contributed by atoms with Crippen molar-refractivity contribution in [3.05, 3.63) is 23.6 Å². The van der Waals surface area contributed by atoms with E-state index in [2.05, 4.69) is 4.98 Å². The number of aromatic nitrogens is 1. The number of rotatable bonds is 2. The van der Waals surface area contributed by atoms with Crippen molar-refractivity contribution in [1.29, 1.82) is 0 Å². The van der Waals surface area contributed by atoms with Gasteiger partial charge in [0.2, 0.25) is 0 Å². The third-order valence-corrected chi connectivity index (χ3v) is 3.21. The molecule has 0 bridgehead atoms. The number of aliphatic hydroxyl groups excluding tert-OH is 1. The van der Waals surface area contributed by atoms with Crippen LogP contribution in [0.3, 0.4) is 0 Å². The minimum Gasteiger partial charge on any atom is -0.396 e. The summed E-state index contributed by atoms with van der Waals surface area (Å²) in [6.07, 6.45) is 3.03. The van der Waals surface area contributed by atoms with Crippen LogP contribution in [0, 0.1) is 11.7 Å². The van der Waals surface area contributed by atoms with Crippen LogP contribution in [-0.4, -0.2) is 40.6 Å². The summed E-state index contributed by atoms with van der Waals surface area (Å²) in [5.74, 6) is -1.35. The highest BCUT2D eigenvalue weighted by Gasteiger charge is 2.26. The van der Waals surface area contributed by atoms with Crippen molar-refractivity contribution in [3.63, 3.8) is 0 Å². The number of hydrogen-bond donors (Lipinski definition) is 2. The van der Waals surface area contributed by atoms with Crippen LogP contribution in [-0.2, 0) is 0 Å². The molecule has 1 aliphatic heterocycles. The molecular formula is C12H16FN3O2. The maximum atomic E-state index is 13.7. The molecule has 1 fully saturated rings. The van der Waals surface area contributed by atoms with Crippen molar-refractivity contribution < 1.29 is 14.3 Å². The standard InChI is InChI=1S/C12H16FN3O2/c13-10-9(3-4-15-11(10)14)12(18)16-5-1-2-8(6-16)7-17/h3-4,8,17H,1-2,5-7H2,(H2,14,15). The number of piperidine rings is 1. The number of carbonyl (C=O) groups is 1. The van der Waals surface area contributed by atoms with Crippen LogP contribution < -0.4 is 5.73 Å². The first-order chi connectivity index (χ1) is 8.63. The molecule has 0 spiro atoms. The van der Waals surface area contributed by atoms with Gasteiger partial charge in [0.15, 0.2) is 11.6 Å². The van der Waals surface area contributed by atoms with E-state index in [4.69, 9.17) is 10.8 Å². The van der Waals surface area contributed by atoms with E-state index in [-0.39, 0.29) is 29.8 Å². The molecule has 1 atom stereocenters. The van der Waals surface area contributed by atoms with Crippen LogP contribution in [0.5, 0.6) is 0 Å². The number of halogens is 1. The average Bonchev–Trinajstić information content (AvgIpc) is 2.41. The van der Waals surface area contributed by atoms with Crippen molar-refractivity contribution in [2.75, 3.05) is 25.4 Å². The largest absolute Gasteiger partial charge is 0.396 e. The van der Waals surface area contributed by atoms with E-state index in [1.54, 1.807) is 4.90 Å². The second-order valence-electron chi connectivity index (χ2n) is 4.50. The van der Waals surface area contributed by atoms with Crippen LogP contribution in [0.1, 0.15) is 23.2 Å². The highest BCUT2D eigenvalue weighted by atomic mass is 19.1. The Morgan fingerprint density at radius 3 is 3.17 bits per heavy atom. The third-order valence-electron chi connectivity index (χ3n) is 3.21. The minimum atomic E-state index is -0.770. The molecule has 2 rings (SSSR count). The molecule has 1 unspecified atom stereocenters. The number of carbonyl (C=O) groups excluding carboxylic acids is 1. The fourth-order valence-electron chi connectivity index (χ4n) is 2.19. The molecule has 5 nitrogen and oxygen atoms in total. The van der Waals surface area contributed by atoms with E-state index in [0.29, 0.717) is 13.1 Å². The van der Waals surface area contributed by atoms with Gasteiger partial charge in [-0.25, -0.2) is 9.37 Å². The second kappa shape index (κ2) is 5.30. The van der Waals surface area contributed by atoms with E-state index < -0.39 is 5.82 Å². The first-order valence-electron chi connectivity index (χ1n) is 5.93.